The Bertz CT molecular complexity index is 452. The highest BCUT2D eigenvalue weighted by molar-refractivity contribution is 5.96. The van der Waals surface area contributed by atoms with Gasteiger partial charge in [0.1, 0.15) is 0 Å². The Balaban J connectivity index is 0.00000220. The van der Waals surface area contributed by atoms with Gasteiger partial charge in [0.05, 0.1) is 0 Å². The van der Waals surface area contributed by atoms with E-state index in [1.54, 1.807) is 0 Å². The molecule has 0 bridgehead atoms. The zero-order valence-corrected chi connectivity index (χ0v) is 15.1. The standard InChI is InChI=1S/C17H26N2O.2ClH/c1-3-5-16-13-18-9-11-19(16)10-8-17(20)15-7-4-6-14(2)12-15;;/h4,6-7,12,16,18H,3,5,8-11,13H2,1-2H3;2*1H. The van der Waals surface area contributed by atoms with E-state index in [-0.39, 0.29) is 30.6 Å². The van der Waals surface area contributed by atoms with Crippen molar-refractivity contribution in [1.82, 2.24) is 10.2 Å². The van der Waals surface area contributed by atoms with E-state index in [9.17, 15) is 4.79 Å². The molecule has 126 valence electrons. The van der Waals surface area contributed by atoms with Crippen LogP contribution in [0.1, 0.15) is 42.1 Å². The second kappa shape index (κ2) is 11.0. The van der Waals surface area contributed by atoms with Crippen molar-refractivity contribution in [2.75, 3.05) is 26.2 Å². The number of hydrogen-bond acceptors (Lipinski definition) is 3. The predicted octanol–water partition coefficient (Wildman–Crippen LogP) is 3.49. The van der Waals surface area contributed by atoms with Crippen molar-refractivity contribution in [2.24, 2.45) is 0 Å². The summed E-state index contributed by atoms with van der Waals surface area (Å²) in [6, 6.07) is 8.51. The van der Waals surface area contributed by atoms with Gasteiger partial charge in [0.25, 0.3) is 0 Å². The van der Waals surface area contributed by atoms with Gasteiger partial charge in [-0.2, -0.15) is 0 Å². The molecule has 0 saturated carbocycles. The van der Waals surface area contributed by atoms with E-state index in [1.165, 1.54) is 12.8 Å². The van der Waals surface area contributed by atoms with Crippen molar-refractivity contribution < 1.29 is 4.79 Å². The summed E-state index contributed by atoms with van der Waals surface area (Å²) >= 11 is 0. The second-order valence-corrected chi connectivity index (χ2v) is 5.73. The Hall–Kier alpha value is -0.610. The van der Waals surface area contributed by atoms with Gasteiger partial charge in [0.15, 0.2) is 5.78 Å². The Morgan fingerprint density at radius 2 is 2.14 bits per heavy atom. The summed E-state index contributed by atoms with van der Waals surface area (Å²) in [5, 5.41) is 3.45. The van der Waals surface area contributed by atoms with Crippen LogP contribution in [0.3, 0.4) is 0 Å². The molecule has 1 unspecified atom stereocenters. The molecular weight excluding hydrogens is 319 g/mol. The number of piperazine rings is 1. The molecule has 0 radical (unpaired) electrons. The van der Waals surface area contributed by atoms with Crippen molar-refractivity contribution in [3.63, 3.8) is 0 Å². The maximum Gasteiger partial charge on any atom is 0.164 e. The summed E-state index contributed by atoms with van der Waals surface area (Å²) in [5.74, 6) is 0.266. The molecule has 0 aliphatic carbocycles. The van der Waals surface area contributed by atoms with E-state index in [2.05, 4.69) is 17.1 Å². The number of halogens is 2. The Morgan fingerprint density at radius 3 is 2.82 bits per heavy atom. The third kappa shape index (κ3) is 6.25. The number of hydrogen-bond donors (Lipinski definition) is 1. The molecule has 1 N–H and O–H groups in total. The molecule has 0 spiro atoms. The number of benzene rings is 1. The fourth-order valence-electron chi connectivity index (χ4n) is 2.92. The van der Waals surface area contributed by atoms with Crippen LogP contribution in [0.5, 0.6) is 0 Å². The summed E-state index contributed by atoms with van der Waals surface area (Å²) in [5.41, 5.74) is 2.01. The maximum atomic E-state index is 12.3. The van der Waals surface area contributed by atoms with E-state index in [4.69, 9.17) is 0 Å². The highest BCUT2D eigenvalue weighted by atomic mass is 35.5. The van der Waals surface area contributed by atoms with Crippen LogP contribution in [0.15, 0.2) is 24.3 Å². The molecule has 5 heteroatoms. The van der Waals surface area contributed by atoms with Crippen molar-refractivity contribution in [3.05, 3.63) is 35.4 Å². The Morgan fingerprint density at radius 1 is 1.36 bits per heavy atom. The number of carbonyl (C=O) groups excluding carboxylic acids is 1. The molecule has 1 aromatic carbocycles. The summed E-state index contributed by atoms with van der Waals surface area (Å²) < 4.78 is 0. The molecule has 0 amide bonds. The molecule has 1 aliphatic heterocycles. The predicted molar refractivity (Wildman–Crippen MR) is 97.8 cm³/mol. The zero-order chi connectivity index (χ0) is 14.4. The Kier molecular flexibility index (Phi) is 10.7. The molecular formula is C17H28Cl2N2O. The van der Waals surface area contributed by atoms with Crippen LogP contribution >= 0.6 is 24.8 Å². The van der Waals surface area contributed by atoms with E-state index >= 15 is 0 Å². The van der Waals surface area contributed by atoms with Crippen molar-refractivity contribution in [3.8, 4) is 0 Å². The van der Waals surface area contributed by atoms with Crippen LogP contribution in [0.4, 0.5) is 0 Å². The number of ketones is 1. The van der Waals surface area contributed by atoms with Gasteiger partial charge in [-0.15, -0.1) is 24.8 Å². The average Bonchev–Trinajstić information content (AvgIpc) is 2.46. The number of rotatable bonds is 6. The van der Waals surface area contributed by atoms with E-state index in [0.29, 0.717) is 12.5 Å². The lowest BCUT2D eigenvalue weighted by Crippen LogP contribution is -2.51. The monoisotopic (exact) mass is 346 g/mol. The van der Waals surface area contributed by atoms with Crippen LogP contribution < -0.4 is 5.32 Å². The van der Waals surface area contributed by atoms with Crippen molar-refractivity contribution in [1.29, 1.82) is 0 Å². The van der Waals surface area contributed by atoms with Gasteiger partial charge in [-0.1, -0.05) is 37.1 Å². The first kappa shape index (κ1) is 21.4. The van der Waals surface area contributed by atoms with E-state index in [0.717, 1.165) is 37.3 Å². The molecule has 1 atom stereocenters. The summed E-state index contributed by atoms with van der Waals surface area (Å²) in [6.07, 6.45) is 3.05. The SMILES string of the molecule is CCCC1CNCCN1CCC(=O)c1cccc(C)c1.Cl.Cl. The Labute approximate surface area is 146 Å². The number of nitrogens with one attached hydrogen (secondary N) is 1. The van der Waals surface area contributed by atoms with Gasteiger partial charge < -0.3 is 5.32 Å². The summed E-state index contributed by atoms with van der Waals surface area (Å²) in [7, 11) is 0. The smallest absolute Gasteiger partial charge is 0.164 e. The van der Waals surface area contributed by atoms with Gasteiger partial charge in [0.2, 0.25) is 0 Å². The first-order chi connectivity index (χ1) is 9.70. The van der Waals surface area contributed by atoms with Crippen LogP contribution in [0.2, 0.25) is 0 Å². The quantitative estimate of drug-likeness (QED) is 0.800. The highest BCUT2D eigenvalue weighted by Crippen LogP contribution is 2.12. The zero-order valence-electron chi connectivity index (χ0n) is 13.5. The number of carbonyl (C=O) groups is 1. The molecule has 2 rings (SSSR count). The van der Waals surface area contributed by atoms with Gasteiger partial charge in [-0.05, 0) is 19.4 Å². The van der Waals surface area contributed by atoms with Gasteiger partial charge in [0, 0.05) is 44.2 Å². The fraction of sp³-hybridized carbons (Fsp3) is 0.588. The second-order valence-electron chi connectivity index (χ2n) is 5.73. The lowest BCUT2D eigenvalue weighted by Gasteiger charge is -2.36. The minimum Gasteiger partial charge on any atom is -0.314 e. The molecule has 1 aliphatic rings. The lowest BCUT2D eigenvalue weighted by molar-refractivity contribution is 0.0930. The summed E-state index contributed by atoms with van der Waals surface area (Å²) in [6.45, 7) is 8.31. The van der Waals surface area contributed by atoms with Gasteiger partial charge in [-0.25, -0.2) is 0 Å². The topological polar surface area (TPSA) is 32.3 Å². The maximum absolute atomic E-state index is 12.3. The van der Waals surface area contributed by atoms with E-state index in [1.807, 2.05) is 31.2 Å². The number of Topliss-reactive ketones (excluding diaryl/α,β-unsaturated/α-hetero) is 1. The van der Waals surface area contributed by atoms with Gasteiger partial charge in [-0.3, -0.25) is 9.69 Å². The third-order valence-electron chi connectivity index (χ3n) is 4.06. The minimum atomic E-state index is 0. The molecule has 1 heterocycles. The van der Waals surface area contributed by atoms with E-state index < -0.39 is 0 Å². The van der Waals surface area contributed by atoms with Crippen molar-refractivity contribution >= 4 is 30.6 Å². The molecule has 3 nitrogen and oxygen atoms in total. The minimum absolute atomic E-state index is 0. The first-order valence-corrected chi connectivity index (χ1v) is 7.75. The molecule has 0 aromatic heterocycles. The molecule has 1 fully saturated rings. The number of aryl methyl sites for hydroxylation is 1. The largest absolute Gasteiger partial charge is 0.314 e. The first-order valence-electron chi connectivity index (χ1n) is 7.75. The highest BCUT2D eigenvalue weighted by Gasteiger charge is 2.21. The third-order valence-corrected chi connectivity index (χ3v) is 4.06. The molecule has 1 aromatic rings. The van der Waals surface area contributed by atoms with Crippen LogP contribution in [-0.4, -0.2) is 42.9 Å². The fourth-order valence-corrected chi connectivity index (χ4v) is 2.92. The van der Waals surface area contributed by atoms with Crippen molar-refractivity contribution in [2.45, 2.75) is 39.2 Å². The molecule has 22 heavy (non-hydrogen) atoms. The normalized spacial score (nSPS) is 18.2. The summed E-state index contributed by atoms with van der Waals surface area (Å²) in [4.78, 5) is 14.7. The van der Waals surface area contributed by atoms with Crippen LogP contribution in [0.25, 0.3) is 0 Å². The van der Waals surface area contributed by atoms with Crippen LogP contribution in [-0.2, 0) is 0 Å². The van der Waals surface area contributed by atoms with Gasteiger partial charge >= 0.3 is 0 Å². The number of nitrogens with zero attached hydrogens (tertiary/aromatic N) is 1. The van der Waals surface area contributed by atoms with Crippen LogP contribution in [0, 0.1) is 6.92 Å². The lowest BCUT2D eigenvalue weighted by atomic mass is 10.0. The average molecular weight is 347 g/mol. The molecule has 1 saturated heterocycles.